The van der Waals surface area contributed by atoms with E-state index in [4.69, 9.17) is 5.73 Å². The van der Waals surface area contributed by atoms with Crippen molar-refractivity contribution in [3.8, 4) is 0 Å². The Balaban J connectivity index is 2.17. The zero-order valence-electron chi connectivity index (χ0n) is 9.58. The largest absolute Gasteiger partial charge is 0.367 e. The molecule has 0 amide bonds. The van der Waals surface area contributed by atoms with Crippen molar-refractivity contribution in [2.45, 2.75) is 51.4 Å². The molecule has 3 N–H and O–H groups in total. The topological polar surface area (TPSA) is 67.6 Å². The summed E-state index contributed by atoms with van der Waals surface area (Å²) in [7, 11) is 0. The van der Waals surface area contributed by atoms with Gasteiger partial charge in [0.25, 0.3) is 0 Å². The summed E-state index contributed by atoms with van der Waals surface area (Å²) in [5.41, 5.74) is 5.63. The second kappa shape index (κ2) is 3.83. The van der Waals surface area contributed by atoms with Gasteiger partial charge in [0, 0.05) is 5.41 Å². The predicted molar refractivity (Wildman–Crippen MR) is 60.4 cm³/mol. The fourth-order valence-corrected chi connectivity index (χ4v) is 2.58. The third kappa shape index (κ3) is 1.98. The van der Waals surface area contributed by atoms with Crippen molar-refractivity contribution in [2.24, 2.45) is 5.92 Å². The highest BCUT2D eigenvalue weighted by Crippen LogP contribution is 2.39. The number of H-pyrrole nitrogens is 1. The maximum absolute atomic E-state index is 5.55. The molecule has 84 valence electrons. The summed E-state index contributed by atoms with van der Waals surface area (Å²) in [6.45, 7) is 4.48. The highest BCUT2D eigenvalue weighted by atomic mass is 15.3. The number of anilines is 1. The number of nitrogens with two attached hydrogens (primary N) is 1. The molecule has 0 saturated heterocycles. The molecule has 0 radical (unpaired) electrons. The summed E-state index contributed by atoms with van der Waals surface area (Å²) in [5.74, 6) is 2.00. The molecular formula is C11H20N4. The number of hydrogen-bond acceptors (Lipinski definition) is 3. The fourth-order valence-electron chi connectivity index (χ4n) is 2.58. The van der Waals surface area contributed by atoms with E-state index < -0.39 is 0 Å². The van der Waals surface area contributed by atoms with Gasteiger partial charge in [0.05, 0.1) is 0 Å². The van der Waals surface area contributed by atoms with Gasteiger partial charge in [-0.05, 0) is 18.8 Å². The average molecular weight is 208 g/mol. The van der Waals surface area contributed by atoms with Gasteiger partial charge in [-0.15, -0.1) is 5.10 Å². The van der Waals surface area contributed by atoms with E-state index in [9.17, 15) is 0 Å². The number of aromatic nitrogens is 3. The second-order valence-electron chi connectivity index (χ2n) is 5.10. The van der Waals surface area contributed by atoms with E-state index in [1.807, 2.05) is 0 Å². The quantitative estimate of drug-likeness (QED) is 0.783. The van der Waals surface area contributed by atoms with Gasteiger partial charge in [-0.2, -0.15) is 4.98 Å². The highest BCUT2D eigenvalue weighted by Gasteiger charge is 2.34. The van der Waals surface area contributed by atoms with Crippen molar-refractivity contribution in [2.75, 3.05) is 5.73 Å². The molecule has 0 spiro atoms. The minimum absolute atomic E-state index is 0.0744. The lowest BCUT2D eigenvalue weighted by Gasteiger charge is -2.35. The first-order valence-corrected chi connectivity index (χ1v) is 5.79. The fraction of sp³-hybridized carbons (Fsp3) is 0.818. The molecule has 0 bridgehead atoms. The number of nitrogen functional groups attached to an aromatic ring is 1. The highest BCUT2D eigenvalue weighted by molar-refractivity contribution is 5.17. The van der Waals surface area contributed by atoms with Crippen LogP contribution in [0.2, 0.25) is 0 Å². The van der Waals surface area contributed by atoms with Crippen LogP contribution in [0, 0.1) is 5.92 Å². The van der Waals surface area contributed by atoms with Crippen molar-refractivity contribution in [3.05, 3.63) is 5.82 Å². The first-order valence-electron chi connectivity index (χ1n) is 5.79. The van der Waals surface area contributed by atoms with Gasteiger partial charge in [0.1, 0.15) is 5.82 Å². The smallest absolute Gasteiger partial charge is 0.239 e. The molecular weight excluding hydrogens is 188 g/mol. The zero-order chi connectivity index (χ0) is 10.9. The minimum Gasteiger partial charge on any atom is -0.367 e. The zero-order valence-corrected chi connectivity index (χ0v) is 9.58. The van der Waals surface area contributed by atoms with E-state index in [1.54, 1.807) is 0 Å². The van der Waals surface area contributed by atoms with Crippen LogP contribution < -0.4 is 5.73 Å². The molecule has 0 aliphatic heterocycles. The SMILES string of the molecule is CC(C)(c1nc(N)n[nH]1)C1CCCCC1. The molecule has 2 rings (SSSR count). The van der Waals surface area contributed by atoms with Crippen molar-refractivity contribution in [1.82, 2.24) is 15.2 Å². The molecule has 0 aromatic carbocycles. The third-order valence-electron chi connectivity index (χ3n) is 3.74. The normalized spacial score (nSPS) is 19.3. The predicted octanol–water partition coefficient (Wildman–Crippen LogP) is 2.24. The maximum Gasteiger partial charge on any atom is 0.239 e. The molecule has 15 heavy (non-hydrogen) atoms. The first kappa shape index (κ1) is 10.5. The van der Waals surface area contributed by atoms with E-state index in [1.165, 1.54) is 32.1 Å². The molecule has 1 heterocycles. The third-order valence-corrected chi connectivity index (χ3v) is 3.74. The Bertz CT molecular complexity index is 323. The van der Waals surface area contributed by atoms with Crippen LogP contribution in [0.25, 0.3) is 0 Å². The summed E-state index contributed by atoms with van der Waals surface area (Å²) >= 11 is 0. The molecule has 0 unspecified atom stereocenters. The minimum atomic E-state index is 0.0744. The van der Waals surface area contributed by atoms with Crippen molar-refractivity contribution >= 4 is 5.95 Å². The van der Waals surface area contributed by atoms with Gasteiger partial charge < -0.3 is 5.73 Å². The maximum atomic E-state index is 5.55. The monoisotopic (exact) mass is 208 g/mol. The van der Waals surface area contributed by atoms with E-state index in [-0.39, 0.29) is 5.41 Å². The van der Waals surface area contributed by atoms with E-state index in [2.05, 4.69) is 29.0 Å². The Morgan fingerprint density at radius 1 is 1.27 bits per heavy atom. The Labute approximate surface area is 90.7 Å². The van der Waals surface area contributed by atoms with Gasteiger partial charge >= 0.3 is 0 Å². The number of aromatic amines is 1. The van der Waals surface area contributed by atoms with Crippen LogP contribution in [0.1, 0.15) is 51.8 Å². The lowest BCUT2D eigenvalue weighted by molar-refractivity contribution is 0.227. The lowest BCUT2D eigenvalue weighted by atomic mass is 9.70. The Morgan fingerprint density at radius 3 is 2.47 bits per heavy atom. The molecule has 1 saturated carbocycles. The number of nitrogens with zero attached hydrogens (tertiary/aromatic N) is 2. The van der Waals surface area contributed by atoms with Crippen LogP contribution in [0.3, 0.4) is 0 Å². The van der Waals surface area contributed by atoms with Crippen LogP contribution in [0.4, 0.5) is 5.95 Å². The van der Waals surface area contributed by atoms with Crippen molar-refractivity contribution in [3.63, 3.8) is 0 Å². The van der Waals surface area contributed by atoms with E-state index in [0.29, 0.717) is 11.9 Å². The molecule has 4 heteroatoms. The number of hydrogen-bond donors (Lipinski definition) is 2. The van der Waals surface area contributed by atoms with Gasteiger partial charge in [-0.3, -0.25) is 5.10 Å². The lowest BCUT2D eigenvalue weighted by Crippen LogP contribution is -2.31. The average Bonchev–Trinajstić information content (AvgIpc) is 2.67. The standard InChI is InChI=1S/C11H20N4/c1-11(2,8-6-4-3-5-7-8)9-13-10(12)15-14-9/h8H,3-7H2,1-2H3,(H3,12,13,14,15). The Kier molecular flexibility index (Phi) is 2.67. The van der Waals surface area contributed by atoms with Crippen LogP contribution in [-0.2, 0) is 5.41 Å². The van der Waals surface area contributed by atoms with Crippen molar-refractivity contribution < 1.29 is 0 Å². The molecule has 1 aromatic heterocycles. The van der Waals surface area contributed by atoms with Gasteiger partial charge in [0.15, 0.2) is 0 Å². The summed E-state index contributed by atoms with van der Waals surface area (Å²) in [6.07, 6.45) is 6.67. The molecule has 1 fully saturated rings. The van der Waals surface area contributed by atoms with Crippen LogP contribution in [0.15, 0.2) is 0 Å². The molecule has 0 atom stereocenters. The summed E-state index contributed by atoms with van der Waals surface area (Å²) in [6, 6.07) is 0. The van der Waals surface area contributed by atoms with Crippen LogP contribution >= 0.6 is 0 Å². The molecule has 1 aromatic rings. The van der Waals surface area contributed by atoms with E-state index >= 15 is 0 Å². The summed E-state index contributed by atoms with van der Waals surface area (Å²) in [5, 5.41) is 6.88. The van der Waals surface area contributed by atoms with E-state index in [0.717, 1.165) is 5.82 Å². The van der Waals surface area contributed by atoms with Gasteiger partial charge in [-0.25, -0.2) is 0 Å². The first-order chi connectivity index (χ1) is 7.10. The van der Waals surface area contributed by atoms with Gasteiger partial charge in [0.2, 0.25) is 5.95 Å². The summed E-state index contributed by atoms with van der Waals surface area (Å²) in [4.78, 5) is 4.27. The van der Waals surface area contributed by atoms with Crippen LogP contribution in [0.5, 0.6) is 0 Å². The molecule has 4 nitrogen and oxygen atoms in total. The Hall–Kier alpha value is -1.06. The van der Waals surface area contributed by atoms with Gasteiger partial charge in [-0.1, -0.05) is 33.1 Å². The Morgan fingerprint density at radius 2 is 1.93 bits per heavy atom. The second-order valence-corrected chi connectivity index (χ2v) is 5.10. The summed E-state index contributed by atoms with van der Waals surface area (Å²) < 4.78 is 0. The molecule has 1 aliphatic carbocycles. The van der Waals surface area contributed by atoms with Crippen molar-refractivity contribution in [1.29, 1.82) is 0 Å². The van der Waals surface area contributed by atoms with Crippen LogP contribution in [-0.4, -0.2) is 15.2 Å². The number of nitrogens with one attached hydrogen (secondary N) is 1. The number of rotatable bonds is 2. The molecule has 1 aliphatic rings.